The third-order valence-electron chi connectivity index (χ3n) is 1.30. The summed E-state index contributed by atoms with van der Waals surface area (Å²) in [5.74, 6) is -1.30. The van der Waals surface area contributed by atoms with Crippen molar-refractivity contribution in [1.29, 1.82) is 0 Å². The molecule has 89 valence electrons. The number of halogens is 1. The van der Waals surface area contributed by atoms with E-state index in [2.05, 4.69) is 15.9 Å². The number of rotatable bonds is 5. The molecule has 0 saturated heterocycles. The van der Waals surface area contributed by atoms with Crippen LogP contribution in [0, 0.1) is 5.92 Å². The molecule has 1 N–H and O–H groups in total. The van der Waals surface area contributed by atoms with Crippen molar-refractivity contribution in [3.8, 4) is 0 Å². The Morgan fingerprint density at radius 1 is 1.47 bits per heavy atom. The second-order valence-corrected chi connectivity index (χ2v) is 4.41. The largest absolute Gasteiger partial charge is 0.374 e. The van der Waals surface area contributed by atoms with Crippen molar-refractivity contribution >= 4 is 28.0 Å². The lowest BCUT2D eigenvalue weighted by atomic mass is 10.0. The summed E-state index contributed by atoms with van der Waals surface area (Å²) in [4.78, 5) is 23.1. The van der Waals surface area contributed by atoms with Gasteiger partial charge in [0.2, 0.25) is 6.29 Å². The van der Waals surface area contributed by atoms with Crippen molar-refractivity contribution in [1.82, 2.24) is 4.90 Å². The van der Waals surface area contributed by atoms with Gasteiger partial charge in [-0.1, -0.05) is 13.3 Å². The van der Waals surface area contributed by atoms with E-state index >= 15 is 0 Å². The molecule has 0 aliphatic carbocycles. The number of carbonyl (C=O) groups excluding carboxylic acids is 2. The lowest BCUT2D eigenvalue weighted by Crippen LogP contribution is -2.24. The summed E-state index contributed by atoms with van der Waals surface area (Å²) < 4.78 is 0. The number of hydrogen-bond donors (Lipinski definition) is 1. The molecule has 0 amide bonds. The number of aliphatic hydroxyl groups excluding tert-OH is 1. The summed E-state index contributed by atoms with van der Waals surface area (Å²) in [5.41, 5.74) is 0. The van der Waals surface area contributed by atoms with Gasteiger partial charge in [-0.25, -0.2) is 0 Å². The zero-order valence-electron chi connectivity index (χ0n) is 9.66. The first-order chi connectivity index (χ1) is 6.86. The minimum atomic E-state index is -1.24. The van der Waals surface area contributed by atoms with Crippen LogP contribution in [0.1, 0.15) is 19.8 Å². The van der Waals surface area contributed by atoms with Crippen molar-refractivity contribution in [2.24, 2.45) is 5.92 Å². The van der Waals surface area contributed by atoms with Crippen LogP contribution in [0.15, 0.2) is 0 Å². The highest BCUT2D eigenvalue weighted by Gasteiger charge is 2.22. The molecule has 2 atom stereocenters. The maximum atomic E-state index is 10.9. The molecule has 0 fully saturated rings. The van der Waals surface area contributed by atoms with Gasteiger partial charge in [-0.3, -0.25) is 9.59 Å². The highest BCUT2D eigenvalue weighted by atomic mass is 79.9. The average molecular weight is 281 g/mol. The van der Waals surface area contributed by atoms with E-state index in [1.807, 2.05) is 33.0 Å². The number of alkyl halides is 1. The van der Waals surface area contributed by atoms with Crippen LogP contribution < -0.4 is 0 Å². The molecule has 0 saturated carbocycles. The van der Waals surface area contributed by atoms with Gasteiger partial charge in [0.15, 0.2) is 10.8 Å². The molecule has 1 unspecified atom stereocenters. The quantitative estimate of drug-likeness (QED) is 0.602. The van der Waals surface area contributed by atoms with Crippen LogP contribution >= 0.6 is 15.9 Å². The van der Waals surface area contributed by atoms with Crippen LogP contribution in [0.4, 0.5) is 0 Å². The standard InChI is InChI=1S/C7H10BrO3.C3H9N/c1-2-3-5(4-9)6(10)7(8)11;1-4(2)3/h5,7,11H,2-3H2,1H3;1-3H3/t5?,7-;/m1./s1. The van der Waals surface area contributed by atoms with Gasteiger partial charge < -0.3 is 10.0 Å². The predicted octanol–water partition coefficient (Wildman–Crippen LogP) is 0.973. The average Bonchev–Trinajstić information content (AvgIpc) is 2.12. The predicted molar refractivity (Wildman–Crippen MR) is 63.6 cm³/mol. The summed E-state index contributed by atoms with van der Waals surface area (Å²) in [7, 11) is 6.00. The summed E-state index contributed by atoms with van der Waals surface area (Å²) >= 11 is 2.68. The number of hydrogen-bond acceptors (Lipinski definition) is 4. The Labute approximate surface area is 99.8 Å². The van der Waals surface area contributed by atoms with E-state index in [0.29, 0.717) is 6.42 Å². The fourth-order valence-electron chi connectivity index (χ4n) is 0.714. The normalized spacial score (nSPS) is 13.8. The lowest BCUT2D eigenvalue weighted by Gasteiger charge is -2.06. The van der Waals surface area contributed by atoms with Gasteiger partial charge in [0, 0.05) is 0 Å². The molecule has 0 bridgehead atoms. The summed E-state index contributed by atoms with van der Waals surface area (Å²) in [5, 5.41) is 7.50. The first kappa shape index (κ1) is 17.1. The van der Waals surface area contributed by atoms with Gasteiger partial charge >= 0.3 is 0 Å². The molecule has 0 aliphatic rings. The van der Waals surface area contributed by atoms with Crippen LogP contribution in [0.2, 0.25) is 0 Å². The molecule has 0 aromatic rings. The minimum Gasteiger partial charge on any atom is -0.374 e. The lowest BCUT2D eigenvalue weighted by molar-refractivity contribution is -0.125. The maximum absolute atomic E-state index is 10.9. The summed E-state index contributed by atoms with van der Waals surface area (Å²) in [6.07, 6.45) is 2.77. The Balaban J connectivity index is 0. The molecule has 1 radical (unpaired) electrons. The van der Waals surface area contributed by atoms with E-state index in [4.69, 9.17) is 5.11 Å². The van der Waals surface area contributed by atoms with Gasteiger partial charge in [-0.2, -0.15) is 0 Å². The molecule has 15 heavy (non-hydrogen) atoms. The van der Waals surface area contributed by atoms with Gasteiger partial charge in [-0.15, -0.1) is 0 Å². The Bertz CT molecular complexity index is 181. The van der Waals surface area contributed by atoms with Crippen molar-refractivity contribution in [3.05, 3.63) is 0 Å². The number of carbonyl (C=O) groups is 1. The van der Waals surface area contributed by atoms with E-state index < -0.39 is 16.7 Å². The highest BCUT2D eigenvalue weighted by Crippen LogP contribution is 2.10. The van der Waals surface area contributed by atoms with Crippen LogP contribution in [-0.4, -0.2) is 48.2 Å². The van der Waals surface area contributed by atoms with Crippen molar-refractivity contribution in [2.75, 3.05) is 21.1 Å². The van der Waals surface area contributed by atoms with Crippen LogP contribution in [-0.2, 0) is 9.59 Å². The molecule has 0 aromatic carbocycles. The molecule has 0 spiro atoms. The minimum absolute atomic E-state index is 0.449. The van der Waals surface area contributed by atoms with E-state index in [0.717, 1.165) is 6.42 Å². The summed E-state index contributed by atoms with van der Waals surface area (Å²) in [6.45, 7) is 1.86. The Morgan fingerprint density at radius 2 is 1.87 bits per heavy atom. The van der Waals surface area contributed by atoms with E-state index in [1.165, 1.54) is 0 Å². The molecule has 5 heteroatoms. The Morgan fingerprint density at radius 3 is 2.07 bits per heavy atom. The third kappa shape index (κ3) is 11.7. The molecular formula is C10H19BrNO3. The van der Waals surface area contributed by atoms with Gasteiger partial charge in [0.1, 0.15) is 0 Å². The smallest absolute Gasteiger partial charge is 0.209 e. The van der Waals surface area contributed by atoms with Gasteiger partial charge in [0.25, 0.3) is 0 Å². The van der Waals surface area contributed by atoms with Crippen molar-refractivity contribution in [2.45, 2.75) is 24.8 Å². The van der Waals surface area contributed by atoms with Gasteiger partial charge in [-0.05, 0) is 43.5 Å². The van der Waals surface area contributed by atoms with Crippen LogP contribution in [0.25, 0.3) is 0 Å². The molecule has 0 aliphatic heterocycles. The van der Waals surface area contributed by atoms with Crippen LogP contribution in [0.3, 0.4) is 0 Å². The first-order valence-electron chi connectivity index (χ1n) is 4.71. The number of aliphatic hydroxyl groups is 1. The zero-order chi connectivity index (χ0) is 12.4. The monoisotopic (exact) mass is 280 g/mol. The van der Waals surface area contributed by atoms with Crippen molar-refractivity contribution < 1.29 is 14.7 Å². The fourth-order valence-corrected chi connectivity index (χ4v) is 1.03. The van der Waals surface area contributed by atoms with Crippen molar-refractivity contribution in [3.63, 3.8) is 0 Å². The molecule has 0 rings (SSSR count). The number of ketones is 1. The van der Waals surface area contributed by atoms with Gasteiger partial charge in [0.05, 0.1) is 5.92 Å². The van der Waals surface area contributed by atoms with E-state index in [9.17, 15) is 9.59 Å². The molecule has 4 nitrogen and oxygen atoms in total. The topological polar surface area (TPSA) is 57.6 Å². The highest BCUT2D eigenvalue weighted by molar-refractivity contribution is 9.09. The molecular weight excluding hydrogens is 262 g/mol. The van der Waals surface area contributed by atoms with E-state index in [-0.39, 0.29) is 0 Å². The maximum Gasteiger partial charge on any atom is 0.209 e. The Kier molecular flexibility index (Phi) is 11.7. The third-order valence-corrected chi connectivity index (χ3v) is 1.75. The molecule has 0 aromatic heterocycles. The summed E-state index contributed by atoms with van der Waals surface area (Å²) in [6, 6.07) is 0. The number of nitrogens with zero attached hydrogens (tertiary/aromatic N) is 1. The number of Topliss-reactive ketones (excluding diaryl/α,β-unsaturated/α-hetero) is 1. The molecule has 0 heterocycles. The zero-order valence-corrected chi connectivity index (χ0v) is 11.2. The SMILES string of the molecule is CCCC([C]=O)C(=O)[C@@H](O)Br.CN(C)C. The second kappa shape index (κ2) is 10.3. The first-order valence-corrected chi connectivity index (χ1v) is 5.62. The van der Waals surface area contributed by atoms with Crippen LogP contribution in [0.5, 0.6) is 0 Å². The fraction of sp³-hybridized carbons (Fsp3) is 0.800. The second-order valence-electron chi connectivity index (χ2n) is 3.54. The Hall–Kier alpha value is -0.260. The van der Waals surface area contributed by atoms with E-state index in [1.54, 1.807) is 6.29 Å².